The maximum Gasteiger partial charge on any atom is -0.0328 e. The first kappa shape index (κ1) is 78.2. The van der Waals surface area contributed by atoms with Gasteiger partial charge in [0.25, 0.3) is 0 Å². The second-order valence-corrected chi connectivity index (χ2v) is 10.0. The predicted octanol–water partition coefficient (Wildman–Crippen LogP) is 21.0. The van der Waals surface area contributed by atoms with E-state index in [0.29, 0.717) is 0 Å². The standard InChI is InChI=1S/C25H48.12C2H6/c1-5-7-14-21(4)17-23-19-24-18-22(25(23)24)16-13-11-9-8-10-12-15-20(3)6-2;12*1-2/h20-25H,5-19H2,1-4H3;12*1-2H3. The molecule has 0 aromatic carbocycles. The van der Waals surface area contributed by atoms with E-state index in [0.717, 1.165) is 29.6 Å². The fourth-order valence-electron chi connectivity index (χ4n) is 5.83. The van der Waals surface area contributed by atoms with E-state index in [4.69, 9.17) is 0 Å². The molecule has 0 nitrogen and oxygen atoms in total. The minimum absolute atomic E-state index is 0.951. The summed E-state index contributed by atoms with van der Waals surface area (Å²) in [7, 11) is 0. The van der Waals surface area contributed by atoms with Gasteiger partial charge in [-0.3, -0.25) is 0 Å². The van der Waals surface area contributed by atoms with Crippen LogP contribution in [-0.2, 0) is 0 Å². The van der Waals surface area contributed by atoms with Gasteiger partial charge in [0.2, 0.25) is 0 Å². The molecule has 0 N–H and O–H groups in total. The number of fused-ring (bicyclic) bond motifs is 1. The molecular formula is C49H120. The number of rotatable bonds is 15. The summed E-state index contributed by atoms with van der Waals surface area (Å²) in [5.74, 6) is 6.52. The van der Waals surface area contributed by atoms with Crippen LogP contribution in [0.15, 0.2) is 0 Å². The van der Waals surface area contributed by atoms with Gasteiger partial charge in [0.15, 0.2) is 0 Å². The largest absolute Gasteiger partial charge is 0.0683 e. The third-order valence-electron chi connectivity index (χ3n) is 7.82. The zero-order chi connectivity index (χ0) is 42.1. The molecule has 49 heavy (non-hydrogen) atoms. The van der Waals surface area contributed by atoms with Gasteiger partial charge in [0.05, 0.1) is 0 Å². The zero-order valence-corrected chi connectivity index (χ0v) is 42.1. The summed E-state index contributed by atoms with van der Waals surface area (Å²) in [6.07, 6.45) is 22.4. The number of hydrogen-bond acceptors (Lipinski definition) is 0. The van der Waals surface area contributed by atoms with Crippen molar-refractivity contribution < 1.29 is 0 Å². The molecule has 2 aliphatic rings. The van der Waals surface area contributed by atoms with Crippen LogP contribution in [0, 0.1) is 35.5 Å². The molecule has 0 aromatic rings. The molecule has 0 spiro atoms. The van der Waals surface area contributed by atoms with Gasteiger partial charge in [0.1, 0.15) is 0 Å². The first-order valence-corrected chi connectivity index (χ1v) is 24.2. The molecule has 316 valence electrons. The molecule has 6 unspecified atom stereocenters. The second kappa shape index (κ2) is 97.4. The first-order valence-electron chi connectivity index (χ1n) is 24.2. The summed E-state index contributed by atoms with van der Waals surface area (Å²) in [5.41, 5.74) is 0. The van der Waals surface area contributed by atoms with E-state index in [1.807, 2.05) is 166 Å². The molecular weight excluding hydrogens is 589 g/mol. The van der Waals surface area contributed by atoms with Crippen molar-refractivity contribution in [3.8, 4) is 0 Å². The van der Waals surface area contributed by atoms with E-state index in [1.165, 1.54) is 76.5 Å². The summed E-state index contributed by atoms with van der Waals surface area (Å²) in [6.45, 7) is 57.6. The lowest BCUT2D eigenvalue weighted by Crippen LogP contribution is -2.51. The Morgan fingerprint density at radius 2 is 0.714 bits per heavy atom. The minimum atomic E-state index is 0.951. The highest BCUT2D eigenvalue weighted by Crippen LogP contribution is 2.61. The van der Waals surface area contributed by atoms with Gasteiger partial charge in [0, 0.05) is 0 Å². The minimum Gasteiger partial charge on any atom is -0.0683 e. The van der Waals surface area contributed by atoms with Gasteiger partial charge in [-0.05, 0) is 54.8 Å². The first-order chi connectivity index (χ1) is 24.2. The van der Waals surface area contributed by atoms with Crippen molar-refractivity contribution in [1.82, 2.24) is 0 Å². The Morgan fingerprint density at radius 3 is 1.06 bits per heavy atom. The highest BCUT2D eigenvalue weighted by molar-refractivity contribution is 5.02. The molecule has 2 fully saturated rings. The lowest BCUT2D eigenvalue weighted by Gasteiger charge is -2.59. The van der Waals surface area contributed by atoms with Gasteiger partial charge in [-0.15, -0.1) is 0 Å². The smallest absolute Gasteiger partial charge is 0.0328 e. The van der Waals surface area contributed by atoms with Crippen LogP contribution in [0.1, 0.15) is 290 Å². The number of unbranched alkanes of at least 4 members (excludes halogenated alkanes) is 6. The Morgan fingerprint density at radius 1 is 0.388 bits per heavy atom. The van der Waals surface area contributed by atoms with Crippen molar-refractivity contribution in [3.05, 3.63) is 0 Å². The van der Waals surface area contributed by atoms with Crippen LogP contribution in [-0.4, -0.2) is 0 Å². The maximum absolute atomic E-state index is 2.51. The van der Waals surface area contributed by atoms with Gasteiger partial charge in [-0.25, -0.2) is 0 Å². The Bertz CT molecular complexity index is 333. The highest BCUT2D eigenvalue weighted by atomic mass is 14.6. The lowest BCUT2D eigenvalue weighted by molar-refractivity contribution is -0.101. The fraction of sp³-hybridized carbons (Fsp3) is 1.00. The normalized spacial score (nSPS) is 16.9. The molecule has 2 saturated carbocycles. The van der Waals surface area contributed by atoms with Gasteiger partial charge in [-0.1, -0.05) is 271 Å². The van der Waals surface area contributed by atoms with Crippen LogP contribution in [0.2, 0.25) is 0 Å². The number of hydrogen-bond donors (Lipinski definition) is 0. The van der Waals surface area contributed by atoms with Crippen LogP contribution in [0.4, 0.5) is 0 Å². The summed E-state index contributed by atoms with van der Waals surface area (Å²) in [6, 6.07) is 0. The van der Waals surface area contributed by atoms with Crippen LogP contribution in [0.5, 0.6) is 0 Å². The van der Waals surface area contributed by atoms with Crippen molar-refractivity contribution in [2.45, 2.75) is 290 Å². The Labute approximate surface area is 324 Å². The monoisotopic (exact) mass is 709 g/mol. The van der Waals surface area contributed by atoms with Crippen LogP contribution in [0.3, 0.4) is 0 Å². The van der Waals surface area contributed by atoms with Crippen molar-refractivity contribution in [2.24, 2.45) is 35.5 Å². The Kier molecular flexibility index (Phi) is 155. The summed E-state index contributed by atoms with van der Waals surface area (Å²) in [5, 5.41) is 0. The van der Waals surface area contributed by atoms with Crippen LogP contribution >= 0.6 is 0 Å². The summed E-state index contributed by atoms with van der Waals surface area (Å²) < 4.78 is 0. The third kappa shape index (κ3) is 60.4. The van der Waals surface area contributed by atoms with Crippen molar-refractivity contribution >= 4 is 0 Å². The molecule has 0 aromatic heterocycles. The summed E-state index contributed by atoms with van der Waals surface area (Å²) in [4.78, 5) is 0. The van der Waals surface area contributed by atoms with Crippen LogP contribution in [0.25, 0.3) is 0 Å². The molecule has 0 aliphatic heterocycles. The average molecular weight is 709 g/mol. The third-order valence-corrected chi connectivity index (χ3v) is 7.82. The van der Waals surface area contributed by atoms with Crippen molar-refractivity contribution in [2.75, 3.05) is 0 Å². The zero-order valence-electron chi connectivity index (χ0n) is 42.1. The Hall–Kier alpha value is 0. The fourth-order valence-corrected chi connectivity index (χ4v) is 5.83. The molecule has 0 saturated heterocycles. The molecule has 2 aliphatic carbocycles. The van der Waals surface area contributed by atoms with Crippen LogP contribution < -0.4 is 0 Å². The van der Waals surface area contributed by atoms with E-state index in [1.54, 1.807) is 25.7 Å². The maximum atomic E-state index is 2.51. The Balaban J connectivity index is -0.0000000565. The molecule has 6 atom stereocenters. The molecule has 0 heterocycles. The van der Waals surface area contributed by atoms with Gasteiger partial charge in [-0.2, -0.15) is 0 Å². The van der Waals surface area contributed by atoms with Crippen molar-refractivity contribution in [3.63, 3.8) is 0 Å². The molecule has 2 rings (SSSR count). The van der Waals surface area contributed by atoms with E-state index in [9.17, 15) is 0 Å². The van der Waals surface area contributed by atoms with E-state index >= 15 is 0 Å². The van der Waals surface area contributed by atoms with E-state index < -0.39 is 0 Å². The summed E-state index contributed by atoms with van der Waals surface area (Å²) >= 11 is 0. The van der Waals surface area contributed by atoms with Crippen molar-refractivity contribution in [1.29, 1.82) is 0 Å². The second-order valence-electron chi connectivity index (χ2n) is 10.0. The quantitative estimate of drug-likeness (QED) is 0.149. The van der Waals surface area contributed by atoms with E-state index in [2.05, 4.69) is 27.7 Å². The van der Waals surface area contributed by atoms with Gasteiger partial charge >= 0.3 is 0 Å². The van der Waals surface area contributed by atoms with Gasteiger partial charge < -0.3 is 0 Å². The molecule has 0 radical (unpaired) electrons. The highest BCUT2D eigenvalue weighted by Gasteiger charge is 2.52. The molecule has 0 amide bonds. The topological polar surface area (TPSA) is 0 Å². The average Bonchev–Trinajstić information content (AvgIpc) is 3.22. The molecule has 0 bridgehead atoms. The predicted molar refractivity (Wildman–Crippen MR) is 249 cm³/mol. The lowest BCUT2D eigenvalue weighted by atomic mass is 9.46. The van der Waals surface area contributed by atoms with E-state index in [-0.39, 0.29) is 0 Å². The molecule has 0 heteroatoms. The SMILES string of the molecule is CC.CC.CC.CC.CC.CC.CC.CC.CC.CC.CC.CC.CCCCC(C)CC1CC2CC(CCCCCCCCC(C)CC)C12.